The molecular formula is C14H20ClNO. The van der Waals surface area contributed by atoms with Crippen LogP contribution in [-0.4, -0.2) is 36.6 Å². The Bertz CT molecular complexity index is 339. The zero-order valence-corrected chi connectivity index (χ0v) is 11.1. The topological polar surface area (TPSA) is 12.5 Å². The van der Waals surface area contributed by atoms with Gasteiger partial charge in [0.25, 0.3) is 0 Å². The molecule has 1 unspecified atom stereocenters. The minimum Gasteiger partial charge on any atom is -0.378 e. The molecule has 1 fully saturated rings. The maximum atomic E-state index is 5.97. The van der Waals surface area contributed by atoms with Crippen molar-refractivity contribution in [2.45, 2.75) is 25.9 Å². The molecule has 1 aromatic carbocycles. The van der Waals surface area contributed by atoms with E-state index in [1.54, 1.807) is 0 Å². The Morgan fingerprint density at radius 1 is 1.29 bits per heavy atom. The molecule has 0 spiro atoms. The van der Waals surface area contributed by atoms with Crippen LogP contribution in [0.5, 0.6) is 0 Å². The Morgan fingerprint density at radius 3 is 2.65 bits per heavy atom. The average molecular weight is 254 g/mol. The van der Waals surface area contributed by atoms with Crippen molar-refractivity contribution in [3.8, 4) is 0 Å². The molecule has 0 saturated carbocycles. The summed E-state index contributed by atoms with van der Waals surface area (Å²) in [4.78, 5) is 2.41. The molecule has 1 aromatic rings. The van der Waals surface area contributed by atoms with Gasteiger partial charge in [-0.2, -0.15) is 0 Å². The lowest BCUT2D eigenvalue weighted by Gasteiger charge is -2.34. The Labute approximate surface area is 109 Å². The average Bonchev–Trinajstić information content (AvgIpc) is 2.40. The number of halogens is 1. The van der Waals surface area contributed by atoms with Gasteiger partial charge < -0.3 is 4.74 Å². The molecule has 0 N–H and O–H groups in total. The molecule has 1 saturated heterocycles. The highest BCUT2D eigenvalue weighted by molar-refractivity contribution is 6.18. The summed E-state index contributed by atoms with van der Waals surface area (Å²) in [5, 5.41) is 0. The van der Waals surface area contributed by atoms with E-state index in [4.69, 9.17) is 16.3 Å². The third-order valence-corrected chi connectivity index (χ3v) is 3.70. The van der Waals surface area contributed by atoms with Crippen molar-refractivity contribution in [1.29, 1.82) is 0 Å². The summed E-state index contributed by atoms with van der Waals surface area (Å²) < 4.78 is 5.45. The second-order valence-electron chi connectivity index (χ2n) is 4.52. The number of benzene rings is 1. The van der Waals surface area contributed by atoms with E-state index in [9.17, 15) is 0 Å². The van der Waals surface area contributed by atoms with Crippen LogP contribution in [0.25, 0.3) is 0 Å². The zero-order valence-electron chi connectivity index (χ0n) is 10.4. The molecular weight excluding hydrogens is 234 g/mol. The van der Waals surface area contributed by atoms with E-state index in [-0.39, 0.29) is 0 Å². The van der Waals surface area contributed by atoms with Crippen molar-refractivity contribution in [1.82, 2.24) is 4.90 Å². The van der Waals surface area contributed by atoms with Gasteiger partial charge in [0, 0.05) is 25.0 Å². The SMILES string of the molecule is CCc1ccc(CN2CCOCC2CCl)cc1. The first-order valence-electron chi connectivity index (χ1n) is 6.29. The predicted molar refractivity (Wildman–Crippen MR) is 71.6 cm³/mol. The molecule has 1 aliphatic heterocycles. The second kappa shape index (κ2) is 6.39. The molecule has 0 amide bonds. The van der Waals surface area contributed by atoms with Crippen molar-refractivity contribution in [3.05, 3.63) is 35.4 Å². The van der Waals surface area contributed by atoms with Gasteiger partial charge in [-0.15, -0.1) is 11.6 Å². The van der Waals surface area contributed by atoms with Crippen molar-refractivity contribution in [3.63, 3.8) is 0 Å². The van der Waals surface area contributed by atoms with Crippen molar-refractivity contribution >= 4 is 11.6 Å². The summed E-state index contributed by atoms with van der Waals surface area (Å²) in [5.41, 5.74) is 2.75. The molecule has 2 rings (SSSR count). The van der Waals surface area contributed by atoms with Crippen LogP contribution in [0.15, 0.2) is 24.3 Å². The number of ether oxygens (including phenoxy) is 1. The maximum absolute atomic E-state index is 5.97. The zero-order chi connectivity index (χ0) is 12.1. The highest BCUT2D eigenvalue weighted by Crippen LogP contribution is 2.14. The van der Waals surface area contributed by atoms with E-state index >= 15 is 0 Å². The molecule has 0 aliphatic carbocycles. The van der Waals surface area contributed by atoms with Gasteiger partial charge in [0.1, 0.15) is 0 Å². The minimum atomic E-state index is 0.358. The normalized spacial score (nSPS) is 21.6. The number of hydrogen-bond acceptors (Lipinski definition) is 2. The number of morpholine rings is 1. The number of aryl methyl sites for hydroxylation is 1. The fourth-order valence-electron chi connectivity index (χ4n) is 2.15. The van der Waals surface area contributed by atoms with E-state index in [1.807, 2.05) is 0 Å². The Morgan fingerprint density at radius 2 is 2.00 bits per heavy atom. The van der Waals surface area contributed by atoms with E-state index in [0.29, 0.717) is 11.9 Å². The van der Waals surface area contributed by atoms with Crippen molar-refractivity contribution < 1.29 is 4.74 Å². The van der Waals surface area contributed by atoms with E-state index in [1.165, 1.54) is 11.1 Å². The predicted octanol–water partition coefficient (Wildman–Crippen LogP) is 2.69. The largest absolute Gasteiger partial charge is 0.378 e. The molecule has 0 aromatic heterocycles. The lowest BCUT2D eigenvalue weighted by Crippen LogP contribution is -2.45. The monoisotopic (exact) mass is 253 g/mol. The van der Waals surface area contributed by atoms with Crippen LogP contribution in [0, 0.1) is 0 Å². The van der Waals surface area contributed by atoms with Gasteiger partial charge in [0.15, 0.2) is 0 Å². The second-order valence-corrected chi connectivity index (χ2v) is 4.83. The summed E-state index contributed by atoms with van der Waals surface area (Å²) in [7, 11) is 0. The minimum absolute atomic E-state index is 0.358. The summed E-state index contributed by atoms with van der Waals surface area (Å²) in [6.45, 7) is 5.72. The van der Waals surface area contributed by atoms with Crippen LogP contribution >= 0.6 is 11.6 Å². The van der Waals surface area contributed by atoms with Gasteiger partial charge in [-0.25, -0.2) is 0 Å². The lowest BCUT2D eigenvalue weighted by atomic mass is 10.1. The van der Waals surface area contributed by atoms with Crippen LogP contribution in [0.1, 0.15) is 18.1 Å². The lowest BCUT2D eigenvalue weighted by molar-refractivity contribution is -0.00304. The first-order valence-corrected chi connectivity index (χ1v) is 6.82. The fourth-order valence-corrected chi connectivity index (χ4v) is 2.44. The maximum Gasteiger partial charge on any atom is 0.0634 e. The number of rotatable bonds is 4. The molecule has 94 valence electrons. The van der Waals surface area contributed by atoms with Crippen molar-refractivity contribution in [2.75, 3.05) is 25.6 Å². The molecule has 1 heterocycles. The highest BCUT2D eigenvalue weighted by Gasteiger charge is 2.21. The first kappa shape index (κ1) is 12.9. The molecule has 1 aliphatic rings. The summed E-state index contributed by atoms with van der Waals surface area (Å²) in [6.07, 6.45) is 1.10. The first-order chi connectivity index (χ1) is 8.33. The molecule has 17 heavy (non-hydrogen) atoms. The van der Waals surface area contributed by atoms with Gasteiger partial charge in [-0.3, -0.25) is 4.90 Å². The van der Waals surface area contributed by atoms with Gasteiger partial charge in [-0.05, 0) is 17.5 Å². The standard InChI is InChI=1S/C14H20ClNO/c1-2-12-3-5-13(6-4-12)10-16-7-8-17-11-14(16)9-15/h3-6,14H,2,7-11H2,1H3. The molecule has 3 heteroatoms. The molecule has 2 nitrogen and oxygen atoms in total. The van der Waals surface area contributed by atoms with Gasteiger partial charge >= 0.3 is 0 Å². The number of alkyl halides is 1. The van der Waals surface area contributed by atoms with Crippen LogP contribution < -0.4 is 0 Å². The van der Waals surface area contributed by atoms with Gasteiger partial charge in [-0.1, -0.05) is 31.2 Å². The van der Waals surface area contributed by atoms with E-state index < -0.39 is 0 Å². The Hall–Kier alpha value is -0.570. The van der Waals surface area contributed by atoms with Crippen molar-refractivity contribution in [2.24, 2.45) is 0 Å². The smallest absolute Gasteiger partial charge is 0.0634 e. The van der Waals surface area contributed by atoms with Gasteiger partial charge in [0.2, 0.25) is 0 Å². The van der Waals surface area contributed by atoms with Crippen LogP contribution in [-0.2, 0) is 17.7 Å². The molecule has 0 bridgehead atoms. The molecule has 0 radical (unpaired) electrons. The van der Waals surface area contributed by atoms with E-state index in [2.05, 4.69) is 36.1 Å². The Balaban J connectivity index is 1.98. The molecule has 1 atom stereocenters. The quantitative estimate of drug-likeness (QED) is 0.765. The Kier molecular flexibility index (Phi) is 4.84. The van der Waals surface area contributed by atoms with Crippen LogP contribution in [0.3, 0.4) is 0 Å². The van der Waals surface area contributed by atoms with Crippen LogP contribution in [0.4, 0.5) is 0 Å². The van der Waals surface area contributed by atoms with Crippen LogP contribution in [0.2, 0.25) is 0 Å². The van der Waals surface area contributed by atoms with Gasteiger partial charge in [0.05, 0.1) is 13.2 Å². The summed E-state index contributed by atoms with van der Waals surface area (Å²) in [6, 6.07) is 9.23. The number of nitrogens with zero attached hydrogens (tertiary/aromatic N) is 1. The summed E-state index contributed by atoms with van der Waals surface area (Å²) in [5.74, 6) is 0.646. The highest BCUT2D eigenvalue weighted by atomic mass is 35.5. The number of hydrogen-bond donors (Lipinski definition) is 0. The fraction of sp³-hybridized carbons (Fsp3) is 0.571. The third kappa shape index (κ3) is 3.44. The summed E-state index contributed by atoms with van der Waals surface area (Å²) >= 11 is 5.97. The van der Waals surface area contributed by atoms with E-state index in [0.717, 1.165) is 32.7 Å². The third-order valence-electron chi connectivity index (χ3n) is 3.34.